The van der Waals surface area contributed by atoms with Gasteiger partial charge in [0.05, 0.1) is 0 Å². The van der Waals surface area contributed by atoms with Crippen LogP contribution in [0, 0.1) is 32.6 Å². The molecule has 19 heavy (non-hydrogen) atoms. The minimum atomic E-state index is 0.564. The predicted octanol–water partition coefficient (Wildman–Crippen LogP) is 4.57. The van der Waals surface area contributed by atoms with Gasteiger partial charge in [0.15, 0.2) is 0 Å². The number of anilines is 1. The van der Waals surface area contributed by atoms with Gasteiger partial charge < -0.3 is 5.73 Å². The second kappa shape index (κ2) is 4.84. The van der Waals surface area contributed by atoms with Crippen LogP contribution in [0.4, 0.5) is 11.4 Å². The number of nitrogens with two attached hydrogens (primary N) is 1. The maximum atomic E-state index is 11.0. The van der Waals surface area contributed by atoms with Gasteiger partial charge in [0.1, 0.15) is 5.69 Å². The summed E-state index contributed by atoms with van der Waals surface area (Å²) in [6.45, 7) is 7.95. The Balaban J connectivity index is 2.78. The molecule has 0 saturated carbocycles. The number of nitrogen functional groups attached to an aromatic ring is 1. The summed E-state index contributed by atoms with van der Waals surface area (Å²) in [5.74, 6) is 0. The van der Waals surface area contributed by atoms with E-state index >= 15 is 0 Å². The third-order valence-corrected chi connectivity index (χ3v) is 3.88. The van der Waals surface area contributed by atoms with E-state index in [9.17, 15) is 4.91 Å². The Hall–Kier alpha value is -2.16. The van der Waals surface area contributed by atoms with Gasteiger partial charge in [-0.05, 0) is 78.4 Å². The molecule has 2 rings (SSSR count). The van der Waals surface area contributed by atoms with Crippen LogP contribution in [0.25, 0.3) is 11.1 Å². The molecule has 0 heterocycles. The molecule has 0 amide bonds. The van der Waals surface area contributed by atoms with E-state index in [1.54, 1.807) is 0 Å². The molecule has 0 aliphatic rings. The molecule has 0 bridgehead atoms. The van der Waals surface area contributed by atoms with Gasteiger partial charge in [-0.15, -0.1) is 4.91 Å². The summed E-state index contributed by atoms with van der Waals surface area (Å²) in [5, 5.41) is 3.17. The van der Waals surface area contributed by atoms with E-state index in [1.807, 2.05) is 52.0 Å². The fourth-order valence-corrected chi connectivity index (χ4v) is 2.51. The third-order valence-electron chi connectivity index (χ3n) is 3.88. The van der Waals surface area contributed by atoms with Gasteiger partial charge in [-0.3, -0.25) is 0 Å². The lowest BCUT2D eigenvalue weighted by Gasteiger charge is -2.17. The molecule has 0 unspecified atom stereocenters. The number of hydrogen-bond acceptors (Lipinski definition) is 3. The van der Waals surface area contributed by atoms with Crippen LogP contribution in [0.3, 0.4) is 0 Å². The molecule has 2 N–H and O–H groups in total. The zero-order valence-electron chi connectivity index (χ0n) is 11.7. The summed E-state index contributed by atoms with van der Waals surface area (Å²) in [7, 11) is 0. The van der Waals surface area contributed by atoms with Crippen molar-refractivity contribution in [1.29, 1.82) is 0 Å². The Morgan fingerprint density at radius 3 is 1.74 bits per heavy atom. The monoisotopic (exact) mass is 254 g/mol. The van der Waals surface area contributed by atoms with Crippen molar-refractivity contribution in [2.24, 2.45) is 5.18 Å². The molecule has 0 aliphatic heterocycles. The summed E-state index contributed by atoms with van der Waals surface area (Å²) >= 11 is 0. The van der Waals surface area contributed by atoms with Crippen LogP contribution in [-0.2, 0) is 0 Å². The number of nitrogens with zero attached hydrogens (tertiary/aromatic N) is 1. The predicted molar refractivity (Wildman–Crippen MR) is 80.7 cm³/mol. The summed E-state index contributed by atoms with van der Waals surface area (Å²) < 4.78 is 0. The third kappa shape index (κ3) is 2.12. The molecule has 0 aromatic heterocycles. The first kappa shape index (κ1) is 13.3. The van der Waals surface area contributed by atoms with E-state index in [0.29, 0.717) is 5.69 Å². The highest BCUT2D eigenvalue weighted by molar-refractivity contribution is 5.78. The molecule has 2 aromatic carbocycles. The summed E-state index contributed by atoms with van der Waals surface area (Å²) in [6.07, 6.45) is 0. The van der Waals surface area contributed by atoms with Crippen molar-refractivity contribution >= 4 is 11.4 Å². The molecule has 0 fully saturated rings. The van der Waals surface area contributed by atoms with Crippen molar-refractivity contribution in [1.82, 2.24) is 0 Å². The average Bonchev–Trinajstić information content (AvgIpc) is 2.40. The Morgan fingerprint density at radius 2 is 1.32 bits per heavy atom. The molecular weight excluding hydrogens is 236 g/mol. The molecule has 0 atom stereocenters. The van der Waals surface area contributed by atoms with E-state index < -0.39 is 0 Å². The van der Waals surface area contributed by atoms with Crippen LogP contribution in [-0.4, -0.2) is 0 Å². The lowest BCUT2D eigenvalue weighted by Crippen LogP contribution is -1.96. The van der Waals surface area contributed by atoms with Crippen molar-refractivity contribution in [3.05, 3.63) is 51.4 Å². The van der Waals surface area contributed by atoms with E-state index in [4.69, 9.17) is 5.73 Å². The second-order valence-corrected chi connectivity index (χ2v) is 4.94. The number of hydrogen-bond donors (Lipinski definition) is 1. The quantitative estimate of drug-likeness (QED) is 0.630. The van der Waals surface area contributed by atoms with Crippen LogP contribution >= 0.6 is 0 Å². The van der Waals surface area contributed by atoms with E-state index in [-0.39, 0.29) is 0 Å². The standard InChI is InChI=1S/C16H18N2O/c1-9-11(3)16(18-19)12(4)10(2)15(9)13-5-7-14(17)8-6-13/h5-8H,17H2,1-4H3. The molecule has 3 nitrogen and oxygen atoms in total. The van der Waals surface area contributed by atoms with Crippen LogP contribution in [0.2, 0.25) is 0 Å². The molecule has 0 spiro atoms. The first-order valence-corrected chi connectivity index (χ1v) is 6.27. The van der Waals surface area contributed by atoms with Crippen molar-refractivity contribution in [3.8, 4) is 11.1 Å². The zero-order valence-corrected chi connectivity index (χ0v) is 11.7. The molecular formula is C16H18N2O. The number of rotatable bonds is 2. The van der Waals surface area contributed by atoms with Gasteiger partial charge in [-0.1, -0.05) is 12.1 Å². The van der Waals surface area contributed by atoms with Gasteiger partial charge in [-0.2, -0.15) is 0 Å². The molecule has 98 valence electrons. The maximum Gasteiger partial charge on any atom is 0.114 e. The second-order valence-electron chi connectivity index (χ2n) is 4.94. The fourth-order valence-electron chi connectivity index (χ4n) is 2.51. The fraction of sp³-hybridized carbons (Fsp3) is 0.250. The smallest absolute Gasteiger partial charge is 0.114 e. The largest absolute Gasteiger partial charge is 0.399 e. The summed E-state index contributed by atoms with van der Waals surface area (Å²) in [5.41, 5.74) is 13.4. The van der Waals surface area contributed by atoms with Gasteiger partial charge in [0.25, 0.3) is 0 Å². The van der Waals surface area contributed by atoms with Crippen molar-refractivity contribution in [2.75, 3.05) is 5.73 Å². The first-order valence-electron chi connectivity index (χ1n) is 6.27. The highest BCUT2D eigenvalue weighted by Crippen LogP contribution is 2.38. The van der Waals surface area contributed by atoms with E-state index in [2.05, 4.69) is 5.18 Å². The van der Waals surface area contributed by atoms with Gasteiger partial charge in [0.2, 0.25) is 0 Å². The van der Waals surface area contributed by atoms with Crippen molar-refractivity contribution in [2.45, 2.75) is 27.7 Å². The summed E-state index contributed by atoms with van der Waals surface area (Å²) in [6, 6.07) is 7.81. The zero-order chi connectivity index (χ0) is 14.2. The molecule has 0 aliphatic carbocycles. The molecule has 3 heteroatoms. The van der Waals surface area contributed by atoms with Gasteiger partial charge in [-0.25, -0.2) is 0 Å². The summed E-state index contributed by atoms with van der Waals surface area (Å²) in [4.78, 5) is 11.0. The average molecular weight is 254 g/mol. The Morgan fingerprint density at radius 1 is 0.842 bits per heavy atom. The first-order chi connectivity index (χ1) is 8.97. The topological polar surface area (TPSA) is 55.4 Å². The Bertz CT molecular complexity index is 614. The molecule has 0 radical (unpaired) electrons. The van der Waals surface area contributed by atoms with Crippen LogP contribution in [0.1, 0.15) is 22.3 Å². The molecule has 0 saturated heterocycles. The van der Waals surface area contributed by atoms with Crippen molar-refractivity contribution in [3.63, 3.8) is 0 Å². The maximum absolute atomic E-state index is 11.0. The minimum absolute atomic E-state index is 0.564. The highest BCUT2D eigenvalue weighted by Gasteiger charge is 2.16. The normalized spacial score (nSPS) is 10.5. The minimum Gasteiger partial charge on any atom is -0.399 e. The Labute approximate surface area is 113 Å². The number of benzene rings is 2. The van der Waals surface area contributed by atoms with Crippen LogP contribution < -0.4 is 5.73 Å². The lowest BCUT2D eigenvalue weighted by molar-refractivity contribution is 1.22. The van der Waals surface area contributed by atoms with E-state index in [0.717, 1.165) is 33.5 Å². The Kier molecular flexibility index (Phi) is 3.38. The number of nitroso groups, excluding NO2 is 1. The van der Waals surface area contributed by atoms with Crippen molar-refractivity contribution < 1.29 is 0 Å². The SMILES string of the molecule is Cc1c(C)c(-c2ccc(N)cc2)c(C)c(C)c1N=O. The van der Waals surface area contributed by atoms with Crippen LogP contribution in [0.5, 0.6) is 0 Å². The molecule has 2 aromatic rings. The van der Waals surface area contributed by atoms with Crippen LogP contribution in [0.15, 0.2) is 29.4 Å². The van der Waals surface area contributed by atoms with Gasteiger partial charge >= 0.3 is 0 Å². The lowest BCUT2D eigenvalue weighted by atomic mass is 9.88. The van der Waals surface area contributed by atoms with E-state index in [1.165, 1.54) is 5.56 Å². The van der Waals surface area contributed by atoms with Gasteiger partial charge in [0, 0.05) is 5.69 Å². The highest BCUT2D eigenvalue weighted by atomic mass is 16.3.